The molecule has 0 aromatic carbocycles. The molecule has 2 rings (SSSR count). The summed E-state index contributed by atoms with van der Waals surface area (Å²) in [4.78, 5) is 26.7. The van der Waals surface area contributed by atoms with Gasteiger partial charge in [0, 0.05) is 12.6 Å². The van der Waals surface area contributed by atoms with Crippen LogP contribution >= 0.6 is 0 Å². The molecular weight excluding hydrogens is 222 g/mol. The topological polar surface area (TPSA) is 108 Å². The number of hydrogen-bond donors (Lipinski definition) is 3. The highest BCUT2D eigenvalue weighted by Crippen LogP contribution is 2.21. The Morgan fingerprint density at radius 1 is 1.41 bits per heavy atom. The normalized spacial score (nSPS) is 20.5. The van der Waals surface area contributed by atoms with Crippen molar-refractivity contribution < 1.29 is 0 Å². The van der Waals surface area contributed by atoms with Gasteiger partial charge in [0.15, 0.2) is 0 Å². The van der Waals surface area contributed by atoms with Gasteiger partial charge in [-0.05, 0) is 32.2 Å². The van der Waals surface area contributed by atoms with Gasteiger partial charge in [-0.2, -0.15) is 0 Å². The maximum Gasteiger partial charge on any atom is 0.342 e. The fourth-order valence-corrected chi connectivity index (χ4v) is 2.31. The van der Waals surface area contributed by atoms with Gasteiger partial charge in [-0.25, -0.2) is 9.89 Å². The van der Waals surface area contributed by atoms with Crippen LogP contribution in [0.1, 0.15) is 25.7 Å². The first kappa shape index (κ1) is 11.8. The lowest BCUT2D eigenvalue weighted by molar-refractivity contribution is 0.435. The average Bonchev–Trinajstić information content (AvgIpc) is 2.31. The van der Waals surface area contributed by atoms with Crippen LogP contribution in [0.4, 0.5) is 5.82 Å². The number of aromatic amines is 2. The zero-order chi connectivity index (χ0) is 12.3. The zero-order valence-electron chi connectivity index (χ0n) is 9.61. The molecule has 0 radical (unpaired) electrons. The molecule has 2 heterocycles. The Kier molecular flexibility index (Phi) is 3.58. The van der Waals surface area contributed by atoms with Gasteiger partial charge in [0.05, 0.1) is 0 Å². The second kappa shape index (κ2) is 5.13. The third kappa shape index (κ3) is 2.55. The molecule has 1 saturated heterocycles. The minimum Gasteiger partial charge on any atom is -0.348 e. The molecule has 1 atom stereocenters. The molecule has 7 nitrogen and oxygen atoms in total. The summed E-state index contributed by atoms with van der Waals surface area (Å²) in [5.41, 5.74) is 4.56. The van der Waals surface area contributed by atoms with Crippen LogP contribution in [0.25, 0.3) is 0 Å². The number of nitrogens with two attached hydrogens (primary N) is 1. The first-order valence-corrected chi connectivity index (χ1v) is 5.88. The molecule has 0 aliphatic carbocycles. The van der Waals surface area contributed by atoms with Gasteiger partial charge < -0.3 is 10.6 Å². The van der Waals surface area contributed by atoms with Crippen LogP contribution < -0.4 is 21.9 Å². The minimum absolute atomic E-state index is 0.244. The van der Waals surface area contributed by atoms with E-state index in [0.29, 0.717) is 12.4 Å². The van der Waals surface area contributed by atoms with Crippen molar-refractivity contribution in [2.24, 2.45) is 5.73 Å². The van der Waals surface area contributed by atoms with E-state index in [2.05, 4.69) is 15.2 Å². The van der Waals surface area contributed by atoms with E-state index >= 15 is 0 Å². The number of piperidine rings is 1. The third-order valence-corrected chi connectivity index (χ3v) is 3.09. The number of aromatic nitrogens is 3. The molecule has 0 saturated carbocycles. The molecular formula is C10H17N5O2. The second-order valence-corrected chi connectivity index (χ2v) is 4.25. The Labute approximate surface area is 98.0 Å². The van der Waals surface area contributed by atoms with Crippen LogP contribution in [-0.2, 0) is 0 Å². The van der Waals surface area contributed by atoms with Gasteiger partial charge >= 0.3 is 5.69 Å². The van der Waals surface area contributed by atoms with Crippen molar-refractivity contribution in [3.05, 3.63) is 20.8 Å². The lowest BCUT2D eigenvalue weighted by atomic mass is 9.99. The molecule has 0 spiro atoms. The highest BCUT2D eigenvalue weighted by Gasteiger charge is 2.25. The molecule has 4 N–H and O–H groups in total. The van der Waals surface area contributed by atoms with E-state index in [1.807, 2.05) is 4.90 Å². The highest BCUT2D eigenvalue weighted by atomic mass is 16.2. The van der Waals surface area contributed by atoms with E-state index in [9.17, 15) is 9.59 Å². The van der Waals surface area contributed by atoms with Crippen molar-refractivity contribution in [3.63, 3.8) is 0 Å². The molecule has 1 aliphatic heterocycles. The summed E-state index contributed by atoms with van der Waals surface area (Å²) in [5, 5.41) is 6.10. The smallest absolute Gasteiger partial charge is 0.342 e. The predicted octanol–water partition coefficient (Wildman–Crippen LogP) is -0.834. The minimum atomic E-state index is -0.578. The summed E-state index contributed by atoms with van der Waals surface area (Å²) in [7, 11) is 0. The van der Waals surface area contributed by atoms with E-state index in [0.717, 1.165) is 32.2 Å². The Balaban J connectivity index is 2.29. The van der Waals surface area contributed by atoms with Crippen molar-refractivity contribution in [1.29, 1.82) is 0 Å². The van der Waals surface area contributed by atoms with E-state index in [1.165, 1.54) is 0 Å². The number of anilines is 1. The van der Waals surface area contributed by atoms with Crippen LogP contribution in [-0.4, -0.2) is 34.3 Å². The first-order valence-electron chi connectivity index (χ1n) is 5.88. The maximum absolute atomic E-state index is 11.7. The molecule has 7 heteroatoms. The molecule has 0 amide bonds. The first-order chi connectivity index (χ1) is 8.22. The lowest BCUT2D eigenvalue weighted by Gasteiger charge is -2.35. The number of hydrogen-bond acceptors (Lipinski definition) is 5. The second-order valence-electron chi connectivity index (χ2n) is 4.25. The van der Waals surface area contributed by atoms with Crippen LogP contribution in [0.15, 0.2) is 9.59 Å². The van der Waals surface area contributed by atoms with Crippen molar-refractivity contribution >= 4 is 5.82 Å². The molecule has 0 bridgehead atoms. The van der Waals surface area contributed by atoms with Gasteiger partial charge in [-0.1, -0.05) is 0 Å². The summed E-state index contributed by atoms with van der Waals surface area (Å²) in [6, 6.07) is 0.244. The quantitative estimate of drug-likeness (QED) is 0.637. The number of rotatable bonds is 3. The number of H-pyrrole nitrogens is 2. The van der Waals surface area contributed by atoms with E-state index in [-0.39, 0.29) is 6.04 Å². The standard InChI is InChI=1S/C10H17N5O2/c11-5-4-7-3-1-2-6-15(7)8-9(16)12-10(17)14-13-8/h7H,1-6,11H2,(H2,12,14,16,17). The lowest BCUT2D eigenvalue weighted by Crippen LogP contribution is -2.45. The summed E-state index contributed by atoms with van der Waals surface area (Å²) < 4.78 is 0. The zero-order valence-corrected chi connectivity index (χ0v) is 9.61. The largest absolute Gasteiger partial charge is 0.348 e. The summed E-state index contributed by atoms with van der Waals surface area (Å²) in [6.07, 6.45) is 4.02. The van der Waals surface area contributed by atoms with Crippen molar-refractivity contribution in [2.45, 2.75) is 31.7 Å². The summed E-state index contributed by atoms with van der Waals surface area (Å²) >= 11 is 0. The number of nitrogens with one attached hydrogen (secondary N) is 2. The molecule has 1 unspecified atom stereocenters. The van der Waals surface area contributed by atoms with Crippen molar-refractivity contribution in [2.75, 3.05) is 18.0 Å². The van der Waals surface area contributed by atoms with Gasteiger partial charge in [-0.15, -0.1) is 5.10 Å². The van der Waals surface area contributed by atoms with Gasteiger partial charge in [0.1, 0.15) is 0 Å². The molecule has 1 aromatic heterocycles. The van der Waals surface area contributed by atoms with Gasteiger partial charge in [0.25, 0.3) is 5.56 Å². The van der Waals surface area contributed by atoms with Crippen LogP contribution in [0.5, 0.6) is 0 Å². The number of nitrogens with zero attached hydrogens (tertiary/aromatic N) is 2. The molecule has 1 fully saturated rings. The SMILES string of the molecule is NCCC1CCCCN1c1n[nH]c(=O)[nH]c1=O. The average molecular weight is 239 g/mol. The Hall–Kier alpha value is -1.63. The van der Waals surface area contributed by atoms with Crippen LogP contribution in [0, 0.1) is 0 Å². The van der Waals surface area contributed by atoms with Crippen molar-refractivity contribution in [1.82, 2.24) is 15.2 Å². The van der Waals surface area contributed by atoms with E-state index in [4.69, 9.17) is 5.73 Å². The van der Waals surface area contributed by atoms with Gasteiger partial charge in [-0.3, -0.25) is 9.78 Å². The summed E-state index contributed by atoms with van der Waals surface area (Å²) in [5.74, 6) is 0.294. The third-order valence-electron chi connectivity index (χ3n) is 3.09. The Morgan fingerprint density at radius 3 is 2.94 bits per heavy atom. The Bertz CT molecular complexity index is 478. The fourth-order valence-electron chi connectivity index (χ4n) is 2.31. The maximum atomic E-state index is 11.7. The highest BCUT2D eigenvalue weighted by molar-refractivity contribution is 5.36. The monoisotopic (exact) mass is 239 g/mol. The van der Waals surface area contributed by atoms with Crippen LogP contribution in [0.2, 0.25) is 0 Å². The van der Waals surface area contributed by atoms with Gasteiger partial charge in [0.2, 0.25) is 5.82 Å². The van der Waals surface area contributed by atoms with E-state index < -0.39 is 11.2 Å². The molecule has 1 aromatic rings. The van der Waals surface area contributed by atoms with E-state index in [1.54, 1.807) is 0 Å². The summed E-state index contributed by atoms with van der Waals surface area (Å²) in [6.45, 7) is 1.37. The van der Waals surface area contributed by atoms with Crippen LogP contribution in [0.3, 0.4) is 0 Å². The van der Waals surface area contributed by atoms with Crippen molar-refractivity contribution in [3.8, 4) is 0 Å². The fraction of sp³-hybridized carbons (Fsp3) is 0.700. The molecule has 94 valence electrons. The molecule has 1 aliphatic rings. The molecule has 17 heavy (non-hydrogen) atoms. The predicted molar refractivity (Wildman–Crippen MR) is 64.1 cm³/mol. The Morgan fingerprint density at radius 2 is 2.24 bits per heavy atom.